The van der Waals surface area contributed by atoms with E-state index in [2.05, 4.69) is 10.4 Å². The van der Waals surface area contributed by atoms with Gasteiger partial charge in [0.05, 0.1) is 11.4 Å². The fourth-order valence-electron chi connectivity index (χ4n) is 3.92. The lowest BCUT2D eigenvalue weighted by atomic mass is 9.93. The zero-order valence-electron chi connectivity index (χ0n) is 19.3. The Bertz CT molecular complexity index is 907. The van der Waals surface area contributed by atoms with Gasteiger partial charge in [-0.05, 0) is 65.5 Å². The summed E-state index contributed by atoms with van der Waals surface area (Å²) in [5.74, 6) is 0.329. The summed E-state index contributed by atoms with van der Waals surface area (Å²) >= 11 is 0. The third kappa shape index (κ3) is 6.09. The first-order chi connectivity index (χ1) is 14.6. The van der Waals surface area contributed by atoms with E-state index < -0.39 is 5.60 Å². The Morgan fingerprint density at radius 1 is 1.13 bits per heavy atom. The van der Waals surface area contributed by atoms with Crippen LogP contribution in [0.15, 0.2) is 30.3 Å². The van der Waals surface area contributed by atoms with Crippen LogP contribution in [-0.4, -0.2) is 45.4 Å². The Morgan fingerprint density at radius 2 is 1.77 bits per heavy atom. The summed E-state index contributed by atoms with van der Waals surface area (Å²) in [6, 6.07) is 9.99. The molecule has 0 bridgehead atoms. The molecule has 168 valence electrons. The maximum atomic E-state index is 12.5. The molecule has 2 aromatic rings. The van der Waals surface area contributed by atoms with Crippen molar-refractivity contribution in [1.82, 2.24) is 20.0 Å². The smallest absolute Gasteiger partial charge is 0.410 e. The van der Waals surface area contributed by atoms with E-state index in [0.717, 1.165) is 35.5 Å². The number of aromatic nitrogens is 2. The fraction of sp³-hybridized carbons (Fsp3) is 0.542. The second-order valence-corrected chi connectivity index (χ2v) is 9.29. The van der Waals surface area contributed by atoms with Crippen LogP contribution in [0.4, 0.5) is 4.79 Å². The molecule has 1 fully saturated rings. The minimum absolute atomic E-state index is 0.0435. The van der Waals surface area contributed by atoms with Gasteiger partial charge >= 0.3 is 6.09 Å². The molecule has 0 unspecified atom stereocenters. The summed E-state index contributed by atoms with van der Waals surface area (Å²) in [4.78, 5) is 26.5. The lowest BCUT2D eigenvalue weighted by Gasteiger charge is -2.33. The highest BCUT2D eigenvalue weighted by Crippen LogP contribution is 2.23. The van der Waals surface area contributed by atoms with Crippen molar-refractivity contribution in [2.75, 3.05) is 13.1 Å². The molecule has 0 radical (unpaired) electrons. The van der Waals surface area contributed by atoms with Gasteiger partial charge in [-0.1, -0.05) is 18.2 Å². The highest BCUT2D eigenvalue weighted by molar-refractivity contribution is 5.76. The largest absolute Gasteiger partial charge is 0.444 e. The Balaban J connectivity index is 1.48. The average Bonchev–Trinajstić information content (AvgIpc) is 3.00. The predicted molar refractivity (Wildman–Crippen MR) is 120 cm³/mol. The molecule has 7 heteroatoms. The molecule has 2 heterocycles. The van der Waals surface area contributed by atoms with E-state index in [1.54, 1.807) is 4.90 Å². The van der Waals surface area contributed by atoms with Gasteiger partial charge in [-0.15, -0.1) is 0 Å². The molecule has 1 N–H and O–H groups in total. The summed E-state index contributed by atoms with van der Waals surface area (Å²) in [5, 5.41) is 7.70. The highest BCUT2D eigenvalue weighted by Gasteiger charge is 2.27. The normalized spacial score (nSPS) is 15.1. The minimum atomic E-state index is -0.488. The fourth-order valence-corrected chi connectivity index (χ4v) is 3.92. The molecule has 0 atom stereocenters. The van der Waals surface area contributed by atoms with E-state index in [0.29, 0.717) is 26.1 Å². The van der Waals surface area contributed by atoms with Crippen LogP contribution in [0.2, 0.25) is 0 Å². The number of ether oxygens (including phenoxy) is 1. The van der Waals surface area contributed by atoms with Crippen LogP contribution in [0, 0.1) is 19.8 Å². The van der Waals surface area contributed by atoms with Crippen LogP contribution in [0.25, 0.3) is 5.69 Å². The molecule has 1 aromatic heterocycles. The molecule has 31 heavy (non-hydrogen) atoms. The SMILES string of the molecule is Cc1nn(-c2ccccc2)c(C)c1CNC(=O)CC1CCN(C(=O)OC(C)(C)C)CC1. The van der Waals surface area contributed by atoms with Crippen molar-refractivity contribution in [3.63, 3.8) is 0 Å². The van der Waals surface area contributed by atoms with Crippen LogP contribution in [0.3, 0.4) is 0 Å². The Hall–Kier alpha value is -2.83. The van der Waals surface area contributed by atoms with Crippen molar-refractivity contribution in [2.24, 2.45) is 5.92 Å². The number of piperidine rings is 1. The van der Waals surface area contributed by atoms with E-state index in [1.807, 2.05) is 69.6 Å². The number of nitrogens with zero attached hydrogens (tertiary/aromatic N) is 3. The first kappa shape index (κ1) is 22.8. The molecule has 1 aliphatic heterocycles. The second-order valence-electron chi connectivity index (χ2n) is 9.29. The van der Waals surface area contributed by atoms with Crippen LogP contribution in [0.1, 0.15) is 57.0 Å². The zero-order chi connectivity index (χ0) is 22.6. The van der Waals surface area contributed by atoms with E-state index in [1.165, 1.54) is 0 Å². The summed E-state index contributed by atoms with van der Waals surface area (Å²) in [7, 11) is 0. The maximum absolute atomic E-state index is 12.5. The number of carbonyl (C=O) groups excluding carboxylic acids is 2. The maximum Gasteiger partial charge on any atom is 0.410 e. The Kier molecular flexibility index (Phi) is 7.03. The summed E-state index contributed by atoms with van der Waals surface area (Å²) in [6.45, 7) is 11.4. The van der Waals surface area contributed by atoms with Gasteiger partial charge in [0.15, 0.2) is 0 Å². The lowest BCUT2D eigenvalue weighted by molar-refractivity contribution is -0.122. The van der Waals surface area contributed by atoms with E-state index in [-0.39, 0.29) is 17.9 Å². The first-order valence-corrected chi connectivity index (χ1v) is 11.0. The lowest BCUT2D eigenvalue weighted by Crippen LogP contribution is -2.42. The molecule has 7 nitrogen and oxygen atoms in total. The predicted octanol–water partition coefficient (Wildman–Crippen LogP) is 4.14. The van der Waals surface area contributed by atoms with Gasteiger partial charge in [-0.3, -0.25) is 4.79 Å². The number of amides is 2. The van der Waals surface area contributed by atoms with Crippen LogP contribution >= 0.6 is 0 Å². The van der Waals surface area contributed by atoms with Crippen molar-refractivity contribution >= 4 is 12.0 Å². The molecule has 0 aliphatic carbocycles. The van der Waals surface area contributed by atoms with Crippen molar-refractivity contribution < 1.29 is 14.3 Å². The number of carbonyl (C=O) groups is 2. The van der Waals surface area contributed by atoms with Crippen LogP contribution in [0.5, 0.6) is 0 Å². The molecule has 2 amide bonds. The van der Waals surface area contributed by atoms with E-state index in [9.17, 15) is 9.59 Å². The topological polar surface area (TPSA) is 76.5 Å². The van der Waals surface area contributed by atoms with Gasteiger partial charge in [-0.2, -0.15) is 5.10 Å². The quantitative estimate of drug-likeness (QED) is 0.779. The highest BCUT2D eigenvalue weighted by atomic mass is 16.6. The average molecular weight is 427 g/mol. The third-order valence-electron chi connectivity index (χ3n) is 5.64. The molecule has 0 spiro atoms. The number of nitrogens with one attached hydrogen (secondary N) is 1. The van der Waals surface area contributed by atoms with Gasteiger partial charge in [0.25, 0.3) is 0 Å². The van der Waals surface area contributed by atoms with E-state index in [4.69, 9.17) is 4.74 Å². The molecule has 1 saturated heterocycles. The van der Waals surface area contributed by atoms with E-state index >= 15 is 0 Å². The number of hydrogen-bond acceptors (Lipinski definition) is 4. The number of likely N-dealkylation sites (tertiary alicyclic amines) is 1. The van der Waals surface area contributed by atoms with Crippen LogP contribution < -0.4 is 5.32 Å². The molecule has 1 aromatic carbocycles. The molecule has 0 saturated carbocycles. The molecule has 3 rings (SSSR count). The molecular weight excluding hydrogens is 392 g/mol. The van der Waals surface area contributed by atoms with Crippen molar-refractivity contribution in [1.29, 1.82) is 0 Å². The van der Waals surface area contributed by atoms with Crippen molar-refractivity contribution in [2.45, 2.75) is 66.0 Å². The van der Waals surface area contributed by atoms with Gasteiger partial charge in [-0.25, -0.2) is 9.48 Å². The first-order valence-electron chi connectivity index (χ1n) is 11.0. The monoisotopic (exact) mass is 426 g/mol. The number of aryl methyl sites for hydroxylation is 1. The van der Waals surface area contributed by atoms with Gasteiger partial charge in [0, 0.05) is 37.3 Å². The van der Waals surface area contributed by atoms with Crippen molar-refractivity contribution in [3.8, 4) is 5.69 Å². The molecule has 1 aliphatic rings. The third-order valence-corrected chi connectivity index (χ3v) is 5.64. The van der Waals surface area contributed by atoms with Crippen molar-refractivity contribution in [3.05, 3.63) is 47.3 Å². The molecular formula is C24H34N4O3. The van der Waals surface area contributed by atoms with Gasteiger partial charge < -0.3 is 15.0 Å². The second kappa shape index (κ2) is 9.54. The summed E-state index contributed by atoms with van der Waals surface area (Å²) in [5.41, 5.74) is 3.54. The van der Waals surface area contributed by atoms with Gasteiger partial charge in [0.1, 0.15) is 5.60 Å². The standard InChI is InChI=1S/C24H34N4O3/c1-17-21(18(2)28(26-17)20-9-7-6-8-10-20)16-25-22(29)15-19-11-13-27(14-12-19)23(30)31-24(3,4)5/h6-10,19H,11-16H2,1-5H3,(H,25,29). The Morgan fingerprint density at radius 3 is 2.39 bits per heavy atom. The Labute approximate surface area is 184 Å². The van der Waals surface area contributed by atoms with Crippen LogP contribution in [-0.2, 0) is 16.1 Å². The zero-order valence-corrected chi connectivity index (χ0v) is 19.3. The number of hydrogen-bond donors (Lipinski definition) is 1. The number of rotatable bonds is 5. The summed E-state index contributed by atoms with van der Waals surface area (Å²) in [6.07, 6.45) is 1.84. The number of benzene rings is 1. The van der Waals surface area contributed by atoms with Gasteiger partial charge in [0.2, 0.25) is 5.91 Å². The number of para-hydroxylation sites is 1. The summed E-state index contributed by atoms with van der Waals surface area (Å²) < 4.78 is 7.36. The minimum Gasteiger partial charge on any atom is -0.444 e.